The van der Waals surface area contributed by atoms with E-state index >= 15 is 0 Å². The molecule has 0 rings (SSSR count). The van der Waals surface area contributed by atoms with Crippen molar-refractivity contribution in [1.29, 1.82) is 0 Å². The highest BCUT2D eigenvalue weighted by Gasteiger charge is 2.14. The van der Waals surface area contributed by atoms with E-state index in [0.29, 0.717) is 12.8 Å². The largest absolute Gasteiger partial charge is 0.462 e. The maximum absolute atomic E-state index is 12.2. The third kappa shape index (κ3) is 27.7. The molecule has 0 heterocycles. The molecular formula is C37H72O5. The third-order valence-electron chi connectivity index (χ3n) is 8.45. The van der Waals surface area contributed by atoms with Gasteiger partial charge in [0.05, 0.1) is 6.10 Å². The van der Waals surface area contributed by atoms with E-state index in [4.69, 9.17) is 9.47 Å². The second-order valence-corrected chi connectivity index (χ2v) is 12.8. The second kappa shape index (κ2) is 31.3. The van der Waals surface area contributed by atoms with E-state index in [-0.39, 0.29) is 30.3 Å². The molecule has 0 aliphatic heterocycles. The molecule has 0 aliphatic carbocycles. The number of carbonyl (C=O) groups is 2. The second-order valence-electron chi connectivity index (χ2n) is 12.8. The molecule has 0 aromatic rings. The number of hydrogen-bond acceptors (Lipinski definition) is 5. The summed E-state index contributed by atoms with van der Waals surface area (Å²) >= 11 is 0. The van der Waals surface area contributed by atoms with Crippen LogP contribution in [-0.4, -0.2) is 35.4 Å². The molecule has 0 aliphatic rings. The summed E-state index contributed by atoms with van der Waals surface area (Å²) in [5, 5.41) is 10.3. The Labute approximate surface area is 261 Å². The van der Waals surface area contributed by atoms with Crippen molar-refractivity contribution < 1.29 is 24.2 Å². The van der Waals surface area contributed by atoms with E-state index in [1.165, 1.54) is 12.8 Å². The average molecular weight is 597 g/mol. The fourth-order valence-electron chi connectivity index (χ4n) is 5.60. The van der Waals surface area contributed by atoms with Gasteiger partial charge in [0.15, 0.2) is 0 Å². The molecule has 0 fully saturated rings. The highest BCUT2D eigenvalue weighted by molar-refractivity contribution is 5.69. The van der Waals surface area contributed by atoms with E-state index in [1.807, 2.05) is 0 Å². The predicted molar refractivity (Wildman–Crippen MR) is 178 cm³/mol. The summed E-state index contributed by atoms with van der Waals surface area (Å²) in [6.45, 7) is 8.74. The Bertz CT molecular complexity index is 527. The molecule has 0 radical (unpaired) electrons. The lowest BCUT2D eigenvalue weighted by atomic mass is 10.0. The topological polar surface area (TPSA) is 72.8 Å². The summed E-state index contributed by atoms with van der Waals surface area (Å²) in [6.07, 6.45) is 29.4. The molecule has 250 valence electrons. The summed E-state index contributed by atoms with van der Waals surface area (Å²) < 4.78 is 11.5. The Morgan fingerprint density at radius 2 is 0.714 bits per heavy atom. The van der Waals surface area contributed by atoms with E-state index < -0.39 is 0 Å². The number of unbranched alkanes of at least 4 members (excludes halogenated alkanes) is 14. The van der Waals surface area contributed by atoms with Gasteiger partial charge in [-0.05, 0) is 51.4 Å². The minimum absolute atomic E-state index is 0.0101. The van der Waals surface area contributed by atoms with Gasteiger partial charge in [-0.15, -0.1) is 0 Å². The standard InChI is InChI=1S/C37H72O5/c1-5-9-27-34(28-10-6-2)41-36(39)31-23-19-15-13-17-21-25-33(38)26-22-18-14-16-20-24-32-37(40)42-35(29-11-7-3)30-12-8-4/h33-35,38H,5-32H2,1-4H3. The molecule has 0 amide bonds. The summed E-state index contributed by atoms with van der Waals surface area (Å²) in [7, 11) is 0. The molecule has 5 nitrogen and oxygen atoms in total. The number of aliphatic hydroxyl groups excluding tert-OH is 1. The van der Waals surface area contributed by atoms with Gasteiger partial charge in [0, 0.05) is 12.8 Å². The monoisotopic (exact) mass is 597 g/mol. The quantitative estimate of drug-likeness (QED) is 0.0617. The first-order chi connectivity index (χ1) is 20.5. The Balaban J connectivity index is 3.62. The van der Waals surface area contributed by atoms with E-state index in [1.54, 1.807) is 0 Å². The lowest BCUT2D eigenvalue weighted by molar-refractivity contribution is -0.151. The highest BCUT2D eigenvalue weighted by atomic mass is 16.5. The first-order valence-electron chi connectivity index (χ1n) is 18.5. The number of ether oxygens (including phenoxy) is 2. The van der Waals surface area contributed by atoms with Gasteiger partial charge in [-0.3, -0.25) is 9.59 Å². The fraction of sp³-hybridized carbons (Fsp3) is 0.946. The van der Waals surface area contributed by atoms with Gasteiger partial charge < -0.3 is 14.6 Å². The predicted octanol–water partition coefficient (Wildman–Crippen LogP) is 11.2. The minimum Gasteiger partial charge on any atom is -0.462 e. The average Bonchev–Trinajstić information content (AvgIpc) is 2.98. The molecule has 0 saturated carbocycles. The first-order valence-corrected chi connectivity index (χ1v) is 18.5. The van der Waals surface area contributed by atoms with Crippen LogP contribution in [0.3, 0.4) is 0 Å². The molecule has 0 atom stereocenters. The number of esters is 2. The van der Waals surface area contributed by atoms with Crippen LogP contribution in [0.1, 0.15) is 207 Å². The molecule has 0 aromatic heterocycles. The zero-order chi connectivity index (χ0) is 31.1. The Morgan fingerprint density at radius 1 is 0.429 bits per heavy atom. The lowest BCUT2D eigenvalue weighted by Gasteiger charge is -2.17. The van der Waals surface area contributed by atoms with E-state index in [9.17, 15) is 14.7 Å². The van der Waals surface area contributed by atoms with Gasteiger partial charge in [0.2, 0.25) is 0 Å². The molecule has 0 aromatic carbocycles. The van der Waals surface area contributed by atoms with Crippen molar-refractivity contribution in [1.82, 2.24) is 0 Å². The minimum atomic E-state index is -0.170. The van der Waals surface area contributed by atoms with Crippen LogP contribution in [-0.2, 0) is 19.1 Å². The van der Waals surface area contributed by atoms with Crippen LogP contribution in [0.2, 0.25) is 0 Å². The third-order valence-corrected chi connectivity index (χ3v) is 8.45. The Kier molecular flexibility index (Phi) is 30.5. The molecule has 0 saturated heterocycles. The van der Waals surface area contributed by atoms with E-state index in [0.717, 1.165) is 154 Å². The van der Waals surface area contributed by atoms with Gasteiger partial charge in [0.25, 0.3) is 0 Å². The SMILES string of the molecule is CCCCC(CCCC)OC(=O)CCCCCCCCC(O)CCCCCCCCC(=O)OC(CCCC)CCCC. The fourth-order valence-corrected chi connectivity index (χ4v) is 5.60. The van der Waals surface area contributed by atoms with Crippen LogP contribution in [0.15, 0.2) is 0 Å². The number of aliphatic hydroxyl groups is 1. The smallest absolute Gasteiger partial charge is 0.306 e. The molecular weight excluding hydrogens is 524 g/mol. The summed E-state index contributed by atoms with van der Waals surface area (Å²) in [5.74, 6) is -0.0203. The summed E-state index contributed by atoms with van der Waals surface area (Å²) in [6, 6.07) is 0. The number of carbonyl (C=O) groups excluding carboxylic acids is 2. The van der Waals surface area contributed by atoms with Crippen molar-refractivity contribution in [3.05, 3.63) is 0 Å². The maximum Gasteiger partial charge on any atom is 0.306 e. The van der Waals surface area contributed by atoms with Gasteiger partial charge >= 0.3 is 11.9 Å². The van der Waals surface area contributed by atoms with E-state index in [2.05, 4.69) is 27.7 Å². The molecule has 0 unspecified atom stereocenters. The van der Waals surface area contributed by atoms with Crippen LogP contribution in [0.4, 0.5) is 0 Å². The highest BCUT2D eigenvalue weighted by Crippen LogP contribution is 2.18. The van der Waals surface area contributed by atoms with Crippen LogP contribution in [0.25, 0.3) is 0 Å². The van der Waals surface area contributed by atoms with Crippen molar-refractivity contribution in [2.24, 2.45) is 0 Å². The number of hydrogen-bond donors (Lipinski definition) is 1. The van der Waals surface area contributed by atoms with Crippen molar-refractivity contribution in [3.8, 4) is 0 Å². The van der Waals surface area contributed by atoms with Gasteiger partial charge in [-0.25, -0.2) is 0 Å². The number of rotatable bonds is 32. The summed E-state index contributed by atoms with van der Waals surface area (Å²) in [5.41, 5.74) is 0. The molecule has 42 heavy (non-hydrogen) atoms. The van der Waals surface area contributed by atoms with Crippen LogP contribution in [0.5, 0.6) is 0 Å². The first kappa shape index (κ1) is 40.9. The zero-order valence-corrected chi connectivity index (χ0v) is 28.6. The van der Waals surface area contributed by atoms with Crippen molar-refractivity contribution in [3.63, 3.8) is 0 Å². The Morgan fingerprint density at radius 3 is 1.02 bits per heavy atom. The lowest BCUT2D eigenvalue weighted by Crippen LogP contribution is -2.18. The van der Waals surface area contributed by atoms with Crippen LogP contribution in [0, 0.1) is 0 Å². The maximum atomic E-state index is 12.2. The van der Waals surface area contributed by atoms with Crippen molar-refractivity contribution >= 4 is 11.9 Å². The molecule has 5 heteroatoms. The normalized spacial score (nSPS) is 11.6. The molecule has 1 N–H and O–H groups in total. The van der Waals surface area contributed by atoms with Crippen molar-refractivity contribution in [2.45, 2.75) is 226 Å². The van der Waals surface area contributed by atoms with Gasteiger partial charge in [-0.1, -0.05) is 143 Å². The zero-order valence-electron chi connectivity index (χ0n) is 28.6. The Hall–Kier alpha value is -1.10. The van der Waals surface area contributed by atoms with Gasteiger partial charge in [-0.2, -0.15) is 0 Å². The van der Waals surface area contributed by atoms with Gasteiger partial charge in [0.1, 0.15) is 12.2 Å². The van der Waals surface area contributed by atoms with Crippen molar-refractivity contribution in [2.75, 3.05) is 0 Å². The molecule has 0 spiro atoms. The summed E-state index contributed by atoms with van der Waals surface area (Å²) in [4.78, 5) is 24.4. The molecule has 0 bridgehead atoms. The van der Waals surface area contributed by atoms with Crippen LogP contribution >= 0.6 is 0 Å². The van der Waals surface area contributed by atoms with Crippen LogP contribution < -0.4 is 0 Å².